The first-order valence-corrected chi connectivity index (χ1v) is 5.36. The van der Waals surface area contributed by atoms with Crippen LogP contribution in [0.25, 0.3) is 0 Å². The van der Waals surface area contributed by atoms with Gasteiger partial charge in [-0.25, -0.2) is 5.01 Å². The molecule has 3 nitrogen and oxygen atoms in total. The van der Waals surface area contributed by atoms with Crippen molar-refractivity contribution in [3.63, 3.8) is 0 Å². The predicted molar refractivity (Wildman–Crippen MR) is 56.6 cm³/mol. The Morgan fingerprint density at radius 2 is 1.92 bits per heavy atom. The van der Waals surface area contributed by atoms with Gasteiger partial charge in [-0.15, -0.1) is 0 Å². The summed E-state index contributed by atoms with van der Waals surface area (Å²) < 4.78 is 0. The fraction of sp³-hybridized carbons (Fsp3) is 1.00. The van der Waals surface area contributed by atoms with Gasteiger partial charge in [0.05, 0.1) is 0 Å². The minimum Gasteiger partial charge on any atom is -0.302 e. The van der Waals surface area contributed by atoms with Gasteiger partial charge in [-0.2, -0.15) is 0 Å². The number of hydrazine groups is 1. The highest BCUT2D eigenvalue weighted by Gasteiger charge is 2.15. The van der Waals surface area contributed by atoms with Crippen LogP contribution in [-0.2, 0) is 0 Å². The molecule has 1 N–H and O–H groups in total. The third-order valence-electron chi connectivity index (χ3n) is 2.98. The van der Waals surface area contributed by atoms with E-state index in [0.29, 0.717) is 6.04 Å². The summed E-state index contributed by atoms with van der Waals surface area (Å²) in [6.45, 7) is 6.05. The summed E-state index contributed by atoms with van der Waals surface area (Å²) in [5.74, 6) is 0. The lowest BCUT2D eigenvalue weighted by molar-refractivity contribution is 0.125. The zero-order valence-electron chi connectivity index (χ0n) is 9.21. The van der Waals surface area contributed by atoms with Gasteiger partial charge in [0, 0.05) is 19.6 Å². The summed E-state index contributed by atoms with van der Waals surface area (Å²) in [5, 5.41) is 2.18. The van der Waals surface area contributed by atoms with Crippen LogP contribution in [0.2, 0.25) is 0 Å². The highest BCUT2D eigenvalue weighted by Crippen LogP contribution is 2.09. The van der Waals surface area contributed by atoms with Crippen molar-refractivity contribution in [3.05, 3.63) is 0 Å². The maximum Gasteiger partial charge on any atom is 0.0339 e. The normalized spacial score (nSPS) is 22.2. The van der Waals surface area contributed by atoms with Crippen molar-refractivity contribution < 1.29 is 0 Å². The van der Waals surface area contributed by atoms with Crippen molar-refractivity contribution in [1.29, 1.82) is 0 Å². The molecule has 1 heterocycles. The van der Waals surface area contributed by atoms with Crippen LogP contribution in [0.4, 0.5) is 0 Å². The summed E-state index contributed by atoms with van der Waals surface area (Å²) in [7, 11) is 4.08. The molecule has 1 saturated heterocycles. The van der Waals surface area contributed by atoms with E-state index in [4.69, 9.17) is 0 Å². The Bertz CT molecular complexity index is 132. The van der Waals surface area contributed by atoms with Gasteiger partial charge >= 0.3 is 0 Å². The Morgan fingerprint density at radius 3 is 2.46 bits per heavy atom. The number of likely N-dealkylation sites (tertiary alicyclic amines) is 1. The largest absolute Gasteiger partial charge is 0.302 e. The minimum atomic E-state index is 0.600. The maximum atomic E-state index is 3.16. The van der Waals surface area contributed by atoms with Gasteiger partial charge in [0.25, 0.3) is 0 Å². The Labute approximate surface area is 82.1 Å². The van der Waals surface area contributed by atoms with Crippen LogP contribution in [0.3, 0.4) is 0 Å². The number of piperidine rings is 1. The second kappa shape index (κ2) is 5.58. The molecule has 0 spiro atoms. The molecule has 0 saturated carbocycles. The average Bonchev–Trinajstić information content (AvgIpc) is 2.18. The van der Waals surface area contributed by atoms with E-state index >= 15 is 0 Å². The SMILES string of the molecule is CNN(C)C(C)CN1CCCCC1. The van der Waals surface area contributed by atoms with Crippen molar-refractivity contribution >= 4 is 0 Å². The molecule has 0 aromatic carbocycles. The molecule has 3 heteroatoms. The van der Waals surface area contributed by atoms with Crippen LogP contribution >= 0.6 is 0 Å². The molecule has 0 radical (unpaired) electrons. The smallest absolute Gasteiger partial charge is 0.0339 e. The van der Waals surface area contributed by atoms with Gasteiger partial charge in [0.2, 0.25) is 0 Å². The summed E-state index contributed by atoms with van der Waals surface area (Å²) in [5.41, 5.74) is 3.16. The zero-order chi connectivity index (χ0) is 9.68. The van der Waals surface area contributed by atoms with Gasteiger partial charge in [0.1, 0.15) is 0 Å². The number of nitrogens with one attached hydrogen (secondary N) is 1. The number of likely N-dealkylation sites (N-methyl/N-ethyl adjacent to an activating group) is 1. The molecule has 0 bridgehead atoms. The van der Waals surface area contributed by atoms with Crippen molar-refractivity contribution in [3.8, 4) is 0 Å². The van der Waals surface area contributed by atoms with Crippen molar-refractivity contribution in [2.24, 2.45) is 0 Å². The molecule has 1 atom stereocenters. The maximum absolute atomic E-state index is 3.16. The van der Waals surface area contributed by atoms with Gasteiger partial charge in [-0.3, -0.25) is 5.43 Å². The molecule has 1 rings (SSSR count). The number of hydrogen-bond donors (Lipinski definition) is 1. The fourth-order valence-corrected chi connectivity index (χ4v) is 1.86. The first-order chi connectivity index (χ1) is 6.24. The number of nitrogens with zero attached hydrogens (tertiary/aromatic N) is 2. The molecule has 13 heavy (non-hydrogen) atoms. The topological polar surface area (TPSA) is 18.5 Å². The number of rotatable bonds is 4. The third-order valence-corrected chi connectivity index (χ3v) is 2.98. The molecule has 1 aliphatic heterocycles. The average molecular weight is 185 g/mol. The highest BCUT2D eigenvalue weighted by atomic mass is 15.5. The van der Waals surface area contributed by atoms with Crippen LogP contribution in [-0.4, -0.2) is 49.7 Å². The van der Waals surface area contributed by atoms with Gasteiger partial charge < -0.3 is 4.90 Å². The standard InChI is InChI=1S/C10H23N3/c1-10(12(3)11-2)9-13-7-5-4-6-8-13/h10-11H,4-9H2,1-3H3. The second-order valence-electron chi connectivity index (χ2n) is 4.04. The van der Waals surface area contributed by atoms with Crippen LogP contribution in [0.15, 0.2) is 0 Å². The van der Waals surface area contributed by atoms with E-state index in [2.05, 4.69) is 29.3 Å². The van der Waals surface area contributed by atoms with Crippen molar-refractivity contribution in [2.75, 3.05) is 33.7 Å². The molecule has 1 aliphatic rings. The summed E-state index contributed by atoms with van der Waals surface area (Å²) in [6, 6.07) is 0.600. The Hall–Kier alpha value is -0.120. The van der Waals surface area contributed by atoms with Crippen LogP contribution < -0.4 is 5.43 Å². The Morgan fingerprint density at radius 1 is 1.31 bits per heavy atom. The fourth-order valence-electron chi connectivity index (χ4n) is 1.86. The Kier molecular flexibility index (Phi) is 4.70. The second-order valence-corrected chi connectivity index (χ2v) is 4.04. The molecule has 0 aromatic rings. The predicted octanol–water partition coefficient (Wildman–Crippen LogP) is 0.927. The monoisotopic (exact) mass is 185 g/mol. The Balaban J connectivity index is 2.21. The first kappa shape index (κ1) is 11.0. The van der Waals surface area contributed by atoms with E-state index < -0.39 is 0 Å². The quantitative estimate of drug-likeness (QED) is 0.657. The first-order valence-electron chi connectivity index (χ1n) is 5.36. The lowest BCUT2D eigenvalue weighted by Gasteiger charge is -2.32. The van der Waals surface area contributed by atoms with E-state index in [1.165, 1.54) is 38.9 Å². The summed E-state index contributed by atoms with van der Waals surface area (Å²) in [4.78, 5) is 2.57. The van der Waals surface area contributed by atoms with Crippen LogP contribution in [0.1, 0.15) is 26.2 Å². The van der Waals surface area contributed by atoms with E-state index in [1.807, 2.05) is 7.05 Å². The minimum absolute atomic E-state index is 0.600. The molecule has 0 amide bonds. The van der Waals surface area contributed by atoms with E-state index in [-0.39, 0.29) is 0 Å². The molecular formula is C10H23N3. The zero-order valence-corrected chi connectivity index (χ0v) is 9.21. The van der Waals surface area contributed by atoms with E-state index in [1.54, 1.807) is 0 Å². The lowest BCUT2D eigenvalue weighted by atomic mass is 10.1. The number of hydrogen-bond acceptors (Lipinski definition) is 3. The molecule has 0 aliphatic carbocycles. The van der Waals surface area contributed by atoms with Gasteiger partial charge in [-0.05, 0) is 39.9 Å². The molecule has 1 fully saturated rings. The van der Waals surface area contributed by atoms with Crippen molar-refractivity contribution in [2.45, 2.75) is 32.2 Å². The molecule has 78 valence electrons. The third kappa shape index (κ3) is 3.63. The highest BCUT2D eigenvalue weighted by molar-refractivity contribution is 4.70. The van der Waals surface area contributed by atoms with E-state index in [9.17, 15) is 0 Å². The molecule has 1 unspecified atom stereocenters. The molecule has 0 aromatic heterocycles. The van der Waals surface area contributed by atoms with Crippen LogP contribution in [0.5, 0.6) is 0 Å². The van der Waals surface area contributed by atoms with Crippen molar-refractivity contribution in [1.82, 2.24) is 15.3 Å². The lowest BCUT2D eigenvalue weighted by Crippen LogP contribution is -2.46. The van der Waals surface area contributed by atoms with E-state index in [0.717, 1.165) is 0 Å². The van der Waals surface area contributed by atoms with Crippen LogP contribution in [0, 0.1) is 0 Å². The summed E-state index contributed by atoms with van der Waals surface area (Å²) >= 11 is 0. The van der Waals surface area contributed by atoms with Gasteiger partial charge in [0.15, 0.2) is 0 Å². The summed E-state index contributed by atoms with van der Waals surface area (Å²) in [6.07, 6.45) is 4.19. The molecular weight excluding hydrogens is 162 g/mol. The van der Waals surface area contributed by atoms with Gasteiger partial charge in [-0.1, -0.05) is 6.42 Å².